The number of ether oxygens (including phenoxy) is 1. The third-order valence-electron chi connectivity index (χ3n) is 3.73. The maximum atomic E-state index is 12.7. The number of anilines is 2. The van der Waals surface area contributed by atoms with Crippen LogP contribution < -0.4 is 14.8 Å². The summed E-state index contributed by atoms with van der Waals surface area (Å²) < 4.78 is 94.4. The molecule has 2 aromatic carbocycles. The van der Waals surface area contributed by atoms with Crippen molar-refractivity contribution >= 4 is 31.4 Å². The van der Waals surface area contributed by atoms with Gasteiger partial charge in [-0.25, -0.2) is 21.1 Å². The highest BCUT2D eigenvalue weighted by atomic mass is 32.2. The van der Waals surface area contributed by atoms with Gasteiger partial charge in [0.1, 0.15) is 5.75 Å². The molecule has 0 fully saturated rings. The predicted octanol–water partition coefficient (Wildman–Crippen LogP) is 3.07. The van der Waals surface area contributed by atoms with E-state index in [1.165, 1.54) is 26.2 Å². The largest absolute Gasteiger partial charge is 0.573 e. The molecule has 2 aromatic rings. The van der Waals surface area contributed by atoms with Crippen molar-refractivity contribution in [2.24, 2.45) is 0 Å². The number of nitrogens with one attached hydrogen (secondary N) is 2. The average molecular weight is 467 g/mol. The van der Waals surface area contributed by atoms with Gasteiger partial charge in [-0.2, -0.15) is 0 Å². The molecule has 0 heterocycles. The zero-order chi connectivity index (χ0) is 22.7. The molecular weight excluding hydrogens is 447 g/mol. The van der Waals surface area contributed by atoms with Gasteiger partial charge in [-0.05, 0) is 37.3 Å². The van der Waals surface area contributed by atoms with Crippen LogP contribution >= 0.6 is 0 Å². The summed E-state index contributed by atoms with van der Waals surface area (Å²) >= 11 is 0. The normalized spacial score (nSPS) is 12.6. The molecule has 0 unspecified atom stereocenters. The Morgan fingerprint density at radius 2 is 1.63 bits per heavy atom. The first kappa shape index (κ1) is 23.8. The molecule has 0 aliphatic rings. The predicted molar refractivity (Wildman–Crippen MR) is 105 cm³/mol. The fraction of sp³-hybridized carbons (Fsp3) is 0.294. The van der Waals surface area contributed by atoms with Crippen LogP contribution in [-0.4, -0.2) is 48.1 Å². The number of sulfonamides is 2. The lowest BCUT2D eigenvalue weighted by Gasteiger charge is -2.17. The van der Waals surface area contributed by atoms with Crippen molar-refractivity contribution in [1.29, 1.82) is 0 Å². The number of halogens is 3. The van der Waals surface area contributed by atoms with Gasteiger partial charge in [-0.15, -0.1) is 13.2 Å². The topological polar surface area (TPSA) is 105 Å². The zero-order valence-corrected chi connectivity index (χ0v) is 17.8. The van der Waals surface area contributed by atoms with Crippen molar-refractivity contribution in [3.8, 4) is 5.75 Å². The molecular formula is C17H20F3N3O5S2. The van der Waals surface area contributed by atoms with Crippen LogP contribution in [0.5, 0.6) is 5.75 Å². The first-order valence-corrected chi connectivity index (χ1v) is 11.4. The van der Waals surface area contributed by atoms with Crippen LogP contribution in [0.15, 0.2) is 52.3 Å². The number of hydrogen-bond donors (Lipinski definition) is 2. The molecule has 30 heavy (non-hydrogen) atoms. The van der Waals surface area contributed by atoms with Crippen LogP contribution in [0, 0.1) is 0 Å². The van der Waals surface area contributed by atoms with E-state index in [1.54, 1.807) is 6.92 Å². The molecule has 0 aromatic heterocycles. The van der Waals surface area contributed by atoms with Gasteiger partial charge >= 0.3 is 6.36 Å². The van der Waals surface area contributed by atoms with Crippen LogP contribution in [0.25, 0.3) is 0 Å². The summed E-state index contributed by atoms with van der Waals surface area (Å²) in [5, 5.41) is 2.89. The molecule has 0 bridgehead atoms. The Hall–Kier alpha value is -2.51. The van der Waals surface area contributed by atoms with E-state index in [-0.39, 0.29) is 10.6 Å². The van der Waals surface area contributed by atoms with E-state index in [2.05, 4.69) is 14.8 Å². The highest BCUT2D eigenvalue weighted by Crippen LogP contribution is 2.30. The Bertz CT molecular complexity index is 1120. The molecule has 0 aliphatic carbocycles. The van der Waals surface area contributed by atoms with E-state index in [0.717, 1.165) is 28.6 Å². The van der Waals surface area contributed by atoms with Crippen molar-refractivity contribution in [3.63, 3.8) is 0 Å². The summed E-state index contributed by atoms with van der Waals surface area (Å²) in [6.07, 6.45) is -4.98. The highest BCUT2D eigenvalue weighted by molar-refractivity contribution is 7.92. The zero-order valence-electron chi connectivity index (χ0n) is 16.2. The van der Waals surface area contributed by atoms with E-state index >= 15 is 0 Å². The van der Waals surface area contributed by atoms with E-state index in [4.69, 9.17) is 0 Å². The van der Waals surface area contributed by atoms with Gasteiger partial charge in [0.25, 0.3) is 10.0 Å². The molecule has 0 saturated heterocycles. The Kier molecular flexibility index (Phi) is 6.89. The number of hydrogen-bond acceptors (Lipinski definition) is 6. The van der Waals surface area contributed by atoms with Gasteiger partial charge in [0.2, 0.25) is 10.0 Å². The summed E-state index contributed by atoms with van der Waals surface area (Å²) in [4.78, 5) is -0.659. The number of nitrogens with zero attached hydrogens (tertiary/aromatic N) is 1. The molecule has 0 atom stereocenters. The number of benzene rings is 2. The number of alkyl halides is 3. The lowest BCUT2D eigenvalue weighted by Crippen LogP contribution is -2.23. The van der Waals surface area contributed by atoms with Gasteiger partial charge in [0.15, 0.2) is 0 Å². The summed E-state index contributed by atoms with van der Waals surface area (Å²) in [7, 11) is -5.57. The maximum Gasteiger partial charge on any atom is 0.573 e. The van der Waals surface area contributed by atoms with Gasteiger partial charge in [0, 0.05) is 26.7 Å². The summed E-state index contributed by atoms with van der Waals surface area (Å²) in [6, 6.07) is 7.67. The molecule has 2 N–H and O–H groups in total. The third-order valence-corrected chi connectivity index (χ3v) is 6.90. The molecule has 8 nitrogen and oxygen atoms in total. The van der Waals surface area contributed by atoms with Crippen LogP contribution in [0.1, 0.15) is 6.92 Å². The summed E-state index contributed by atoms with van der Waals surface area (Å²) in [5.41, 5.74) is 0.211. The van der Waals surface area contributed by atoms with Crippen molar-refractivity contribution in [2.75, 3.05) is 30.7 Å². The molecule has 2 rings (SSSR count). The Labute approximate surface area is 172 Å². The highest BCUT2D eigenvalue weighted by Gasteiger charge is 2.31. The second-order valence-corrected chi connectivity index (χ2v) is 9.99. The van der Waals surface area contributed by atoms with Gasteiger partial charge in [-0.1, -0.05) is 6.07 Å². The first-order valence-electron chi connectivity index (χ1n) is 8.45. The fourth-order valence-electron chi connectivity index (χ4n) is 2.37. The van der Waals surface area contributed by atoms with E-state index in [0.29, 0.717) is 18.3 Å². The van der Waals surface area contributed by atoms with Crippen molar-refractivity contribution in [3.05, 3.63) is 42.5 Å². The molecule has 0 amide bonds. The second kappa shape index (κ2) is 8.70. The quantitative estimate of drug-likeness (QED) is 0.618. The summed E-state index contributed by atoms with van der Waals surface area (Å²) in [6.45, 7) is 2.16. The van der Waals surface area contributed by atoms with Crippen LogP contribution in [0.4, 0.5) is 24.5 Å². The van der Waals surface area contributed by atoms with Crippen LogP contribution in [-0.2, 0) is 20.0 Å². The van der Waals surface area contributed by atoms with E-state index in [9.17, 15) is 30.0 Å². The molecule has 13 heteroatoms. The van der Waals surface area contributed by atoms with Gasteiger partial charge in [0.05, 0.1) is 21.2 Å². The van der Waals surface area contributed by atoms with Crippen LogP contribution in [0.3, 0.4) is 0 Å². The minimum atomic E-state index is -4.98. The SMILES string of the molecule is CCNc1ccc(S(=O)(=O)N(C)C)cc1NS(=O)(=O)c1cccc(OC(F)(F)F)c1. The Morgan fingerprint density at radius 3 is 2.20 bits per heavy atom. The van der Waals surface area contributed by atoms with Crippen LogP contribution in [0.2, 0.25) is 0 Å². The van der Waals surface area contributed by atoms with Crippen molar-refractivity contribution in [1.82, 2.24) is 4.31 Å². The second-order valence-electron chi connectivity index (χ2n) is 6.15. The standard InChI is InChI=1S/C17H20F3N3O5S2/c1-4-21-15-9-8-14(30(26,27)23(2)3)11-16(15)22-29(24,25)13-7-5-6-12(10-13)28-17(18,19)20/h5-11,21-22H,4H2,1-3H3. The molecule has 0 radical (unpaired) electrons. The first-order chi connectivity index (χ1) is 13.8. The maximum absolute atomic E-state index is 12.7. The molecule has 0 saturated carbocycles. The minimum absolute atomic E-state index is 0.0816. The monoisotopic (exact) mass is 467 g/mol. The van der Waals surface area contributed by atoms with Crippen molar-refractivity contribution in [2.45, 2.75) is 23.1 Å². The van der Waals surface area contributed by atoms with Gasteiger partial charge in [-0.3, -0.25) is 4.72 Å². The van der Waals surface area contributed by atoms with Crippen molar-refractivity contribution < 1.29 is 34.7 Å². The third kappa shape index (κ3) is 5.77. The number of rotatable bonds is 8. The van der Waals surface area contributed by atoms with E-state index < -0.39 is 37.1 Å². The molecule has 166 valence electrons. The summed E-state index contributed by atoms with van der Waals surface area (Å²) in [5.74, 6) is -0.707. The minimum Gasteiger partial charge on any atom is -0.406 e. The van der Waals surface area contributed by atoms with E-state index in [1.807, 2.05) is 0 Å². The fourth-order valence-corrected chi connectivity index (χ4v) is 4.40. The smallest absolute Gasteiger partial charge is 0.406 e. The average Bonchev–Trinajstić information content (AvgIpc) is 2.61. The lowest BCUT2D eigenvalue weighted by molar-refractivity contribution is -0.274. The molecule has 0 aliphatic heterocycles. The Morgan fingerprint density at radius 1 is 0.967 bits per heavy atom. The molecule has 0 spiro atoms. The van der Waals surface area contributed by atoms with Gasteiger partial charge < -0.3 is 10.1 Å². The Balaban J connectivity index is 2.48. The lowest BCUT2D eigenvalue weighted by atomic mass is 10.2.